The number of carbonyl (C=O) groups is 1. The van der Waals surface area contributed by atoms with Crippen LogP contribution in [0.25, 0.3) is 0 Å². The number of nitrogens with zero attached hydrogens (tertiary/aromatic N) is 2. The highest BCUT2D eigenvalue weighted by molar-refractivity contribution is 7.94. The fourth-order valence-electron chi connectivity index (χ4n) is 2.80. The molecule has 1 aromatic carbocycles. The Morgan fingerprint density at radius 3 is 2.84 bits per heavy atom. The van der Waals surface area contributed by atoms with Gasteiger partial charge >= 0.3 is 0 Å². The summed E-state index contributed by atoms with van der Waals surface area (Å²) in [5.74, 6) is -1.45. The summed E-state index contributed by atoms with van der Waals surface area (Å²) in [5, 5.41) is 1.09. The van der Waals surface area contributed by atoms with Gasteiger partial charge in [0.05, 0.1) is 18.1 Å². The van der Waals surface area contributed by atoms with E-state index in [4.69, 9.17) is 11.6 Å². The zero-order valence-electron chi connectivity index (χ0n) is 13.0. The van der Waals surface area contributed by atoms with E-state index in [1.54, 1.807) is 6.20 Å². The predicted octanol–water partition coefficient (Wildman–Crippen LogP) is 2.02. The number of alkyl halides is 1. The van der Waals surface area contributed by atoms with Crippen molar-refractivity contribution in [3.05, 3.63) is 59.3 Å². The van der Waals surface area contributed by atoms with Crippen molar-refractivity contribution >= 4 is 33.0 Å². The summed E-state index contributed by atoms with van der Waals surface area (Å²) in [4.78, 5) is 20.6. The molecule has 0 fully saturated rings. The van der Waals surface area contributed by atoms with Crippen LogP contribution in [0.5, 0.6) is 0 Å². The van der Waals surface area contributed by atoms with Crippen molar-refractivity contribution < 1.29 is 17.6 Å². The van der Waals surface area contributed by atoms with Gasteiger partial charge in [0, 0.05) is 29.4 Å². The molecular weight excluding hydrogens is 369 g/mol. The predicted molar refractivity (Wildman–Crippen MR) is 92.7 cm³/mol. The first-order valence-electron chi connectivity index (χ1n) is 7.44. The fourth-order valence-corrected chi connectivity index (χ4v) is 4.20. The molecule has 1 atom stereocenters. The number of rotatable bonds is 5. The third kappa shape index (κ3) is 3.91. The van der Waals surface area contributed by atoms with Crippen molar-refractivity contribution in [2.24, 2.45) is 0 Å². The number of aromatic nitrogens is 2. The van der Waals surface area contributed by atoms with E-state index in [9.17, 15) is 17.6 Å². The summed E-state index contributed by atoms with van der Waals surface area (Å²) in [6, 6.07) is 3.33. The van der Waals surface area contributed by atoms with Crippen LogP contribution >= 0.6 is 11.6 Å². The minimum absolute atomic E-state index is 0.226. The second-order valence-electron chi connectivity index (χ2n) is 5.65. The van der Waals surface area contributed by atoms with E-state index in [0.717, 1.165) is 11.1 Å². The van der Waals surface area contributed by atoms with Crippen LogP contribution in [0.15, 0.2) is 42.2 Å². The number of nitrogens with one attached hydrogen (secondary N) is 1. The normalized spacial score (nSPS) is 18.4. The molecule has 0 radical (unpaired) electrons. The lowest BCUT2D eigenvalue weighted by Crippen LogP contribution is -2.42. The topological polar surface area (TPSA) is 83.1 Å². The number of aromatic amines is 1. The molecule has 0 bridgehead atoms. The summed E-state index contributed by atoms with van der Waals surface area (Å²) in [6.45, 7) is 0. The summed E-state index contributed by atoms with van der Waals surface area (Å²) in [7, 11) is -3.37. The van der Waals surface area contributed by atoms with E-state index in [2.05, 4.69) is 9.97 Å². The Morgan fingerprint density at radius 2 is 2.24 bits per heavy atom. The molecule has 6 nitrogen and oxygen atoms in total. The van der Waals surface area contributed by atoms with Crippen LogP contribution in [0, 0.1) is 5.82 Å². The smallest absolute Gasteiger partial charge is 0.242 e. The molecule has 0 spiro atoms. The van der Waals surface area contributed by atoms with E-state index in [0.29, 0.717) is 17.7 Å². The Bertz CT molecular complexity index is 913. The molecule has 3 rings (SSSR count). The number of H-pyrrole nitrogens is 1. The number of carbonyl (C=O) groups excluding carboxylic acids is 1. The highest BCUT2D eigenvalue weighted by atomic mass is 35.5. The minimum Gasteiger partial charge on any atom is -0.348 e. The van der Waals surface area contributed by atoms with Gasteiger partial charge in [-0.05, 0) is 29.8 Å². The maximum absolute atomic E-state index is 13.8. The van der Waals surface area contributed by atoms with Crippen LogP contribution in [0.3, 0.4) is 0 Å². The zero-order chi connectivity index (χ0) is 18.0. The summed E-state index contributed by atoms with van der Waals surface area (Å²) < 4.78 is 37.3. The van der Waals surface area contributed by atoms with E-state index in [-0.39, 0.29) is 11.6 Å². The maximum Gasteiger partial charge on any atom is 0.242 e. The van der Waals surface area contributed by atoms with Crippen LogP contribution < -0.4 is 4.90 Å². The SMILES string of the molecule is O=C(CCl)N(c1ccc(F)cc1Cc1cnc[nH]1)C1C=CS(=O)(=O)C1. The Labute approximate surface area is 149 Å². The Balaban J connectivity index is 2.04. The number of halogens is 2. The van der Waals surface area contributed by atoms with Gasteiger partial charge in [0.15, 0.2) is 9.84 Å². The van der Waals surface area contributed by atoms with Gasteiger partial charge in [-0.1, -0.05) is 0 Å². The summed E-state index contributed by atoms with van der Waals surface area (Å²) in [5.41, 5.74) is 1.69. The average Bonchev–Trinajstić information content (AvgIpc) is 3.19. The van der Waals surface area contributed by atoms with Crippen molar-refractivity contribution in [1.82, 2.24) is 9.97 Å². The largest absolute Gasteiger partial charge is 0.348 e. The Hall–Kier alpha value is -2.19. The van der Waals surface area contributed by atoms with Crippen molar-refractivity contribution in [1.29, 1.82) is 0 Å². The van der Waals surface area contributed by atoms with Crippen molar-refractivity contribution in [2.45, 2.75) is 12.5 Å². The maximum atomic E-state index is 13.8. The average molecular weight is 384 g/mol. The second-order valence-corrected chi connectivity index (χ2v) is 7.85. The van der Waals surface area contributed by atoms with Gasteiger partial charge < -0.3 is 9.88 Å². The highest BCUT2D eigenvalue weighted by Gasteiger charge is 2.32. The zero-order valence-corrected chi connectivity index (χ0v) is 14.6. The first-order valence-corrected chi connectivity index (χ1v) is 9.69. The Morgan fingerprint density at radius 1 is 1.44 bits per heavy atom. The van der Waals surface area contributed by atoms with E-state index in [1.807, 2.05) is 0 Å². The molecule has 0 saturated carbocycles. The van der Waals surface area contributed by atoms with Crippen LogP contribution in [-0.4, -0.2) is 42.0 Å². The molecule has 0 aliphatic carbocycles. The molecule has 1 aromatic heterocycles. The third-order valence-electron chi connectivity index (χ3n) is 3.86. The number of amides is 1. The van der Waals surface area contributed by atoms with Crippen LogP contribution in [-0.2, 0) is 21.1 Å². The second kappa shape index (κ2) is 6.97. The molecule has 9 heteroatoms. The van der Waals surface area contributed by atoms with Crippen LogP contribution in [0.4, 0.5) is 10.1 Å². The molecule has 25 heavy (non-hydrogen) atoms. The number of hydrogen-bond donors (Lipinski definition) is 1. The number of sulfone groups is 1. The standard InChI is InChI=1S/C16H15ClFN3O3S/c17-7-16(22)21(14-3-4-25(23,24)9-14)15-2-1-12(18)5-11(15)6-13-8-19-10-20-13/h1-5,8,10,14H,6-7,9H2,(H,19,20). The first kappa shape index (κ1) is 17.6. The van der Waals surface area contributed by atoms with Crippen molar-refractivity contribution in [3.8, 4) is 0 Å². The molecular formula is C16H15ClFN3O3S. The van der Waals surface area contributed by atoms with Gasteiger partial charge in [-0.2, -0.15) is 0 Å². The first-order chi connectivity index (χ1) is 11.9. The molecule has 1 amide bonds. The summed E-state index contributed by atoms with van der Waals surface area (Å²) in [6.07, 6.45) is 4.86. The van der Waals surface area contributed by atoms with Crippen LogP contribution in [0.1, 0.15) is 11.3 Å². The molecule has 1 unspecified atom stereocenters. The number of hydrogen-bond acceptors (Lipinski definition) is 4. The molecule has 132 valence electrons. The van der Waals surface area contributed by atoms with Gasteiger partial charge in [-0.15, -0.1) is 11.6 Å². The van der Waals surface area contributed by atoms with Gasteiger partial charge in [0.1, 0.15) is 11.7 Å². The lowest BCUT2D eigenvalue weighted by molar-refractivity contribution is -0.116. The molecule has 1 N–H and O–H groups in total. The van der Waals surface area contributed by atoms with Gasteiger partial charge in [0.25, 0.3) is 0 Å². The molecule has 2 heterocycles. The quantitative estimate of drug-likeness (QED) is 0.801. The number of imidazole rings is 1. The number of benzene rings is 1. The van der Waals surface area contributed by atoms with Gasteiger partial charge in [0.2, 0.25) is 5.91 Å². The summed E-state index contributed by atoms with van der Waals surface area (Å²) >= 11 is 5.72. The Kier molecular flexibility index (Phi) is 4.91. The lowest BCUT2D eigenvalue weighted by Gasteiger charge is -2.29. The van der Waals surface area contributed by atoms with E-state index < -0.39 is 27.6 Å². The molecule has 2 aromatic rings. The third-order valence-corrected chi connectivity index (χ3v) is 5.47. The van der Waals surface area contributed by atoms with E-state index >= 15 is 0 Å². The van der Waals surface area contributed by atoms with Crippen LogP contribution in [0.2, 0.25) is 0 Å². The van der Waals surface area contributed by atoms with Gasteiger partial charge in [-0.3, -0.25) is 4.79 Å². The minimum atomic E-state index is -3.37. The fraction of sp³-hybridized carbons (Fsp3) is 0.250. The van der Waals surface area contributed by atoms with Crippen molar-refractivity contribution in [2.75, 3.05) is 16.5 Å². The van der Waals surface area contributed by atoms with Crippen molar-refractivity contribution in [3.63, 3.8) is 0 Å². The molecule has 0 saturated heterocycles. The molecule has 1 aliphatic rings. The number of anilines is 1. The lowest BCUT2D eigenvalue weighted by atomic mass is 10.0. The monoisotopic (exact) mass is 383 g/mol. The van der Waals surface area contributed by atoms with E-state index in [1.165, 1.54) is 35.5 Å². The molecule has 1 aliphatic heterocycles. The van der Waals surface area contributed by atoms with Gasteiger partial charge in [-0.25, -0.2) is 17.8 Å². The highest BCUT2D eigenvalue weighted by Crippen LogP contribution is 2.29.